The number of anilines is 1. The maximum absolute atomic E-state index is 11.8. The zero-order valence-corrected chi connectivity index (χ0v) is 11.1. The topological polar surface area (TPSA) is 104 Å². The fourth-order valence-corrected chi connectivity index (χ4v) is 1.71. The summed E-state index contributed by atoms with van der Waals surface area (Å²) in [6, 6.07) is 8.98. The van der Waals surface area contributed by atoms with Crippen LogP contribution < -0.4 is 10.6 Å². The molecule has 108 valence electrons. The third-order valence-corrected chi connectivity index (χ3v) is 2.68. The highest BCUT2D eigenvalue weighted by molar-refractivity contribution is 5.90. The molecule has 0 radical (unpaired) electrons. The average Bonchev–Trinajstić information content (AvgIpc) is 2.48. The Kier molecular flexibility index (Phi) is 4.81. The van der Waals surface area contributed by atoms with E-state index in [1.54, 1.807) is 18.2 Å². The largest absolute Gasteiger partial charge is 0.480 e. The average molecular weight is 286 g/mol. The van der Waals surface area contributed by atoms with Gasteiger partial charge in [-0.1, -0.05) is 30.3 Å². The molecule has 0 spiro atoms. The predicted octanol–water partition coefficient (Wildman–Crippen LogP) is 1.29. The minimum Gasteiger partial charge on any atom is -0.480 e. The molecule has 1 aromatic heterocycles. The van der Waals surface area contributed by atoms with Crippen molar-refractivity contribution in [3.63, 3.8) is 0 Å². The molecule has 0 aliphatic heterocycles. The minimum absolute atomic E-state index is 0.110. The monoisotopic (exact) mass is 286 g/mol. The zero-order chi connectivity index (χ0) is 15.1. The SMILES string of the molecule is O=C(Nc1ncccn1)N[C@H](Cc1ccccc1)C(=O)O. The Labute approximate surface area is 121 Å². The molecule has 0 fully saturated rings. The number of carboxylic acid groups (broad SMARTS) is 1. The fourth-order valence-electron chi connectivity index (χ4n) is 1.71. The van der Waals surface area contributed by atoms with Crippen LogP contribution in [0, 0.1) is 0 Å². The van der Waals surface area contributed by atoms with E-state index in [1.165, 1.54) is 12.4 Å². The van der Waals surface area contributed by atoms with Gasteiger partial charge in [0.1, 0.15) is 6.04 Å². The van der Waals surface area contributed by atoms with E-state index in [0.29, 0.717) is 0 Å². The molecule has 1 heterocycles. The van der Waals surface area contributed by atoms with Gasteiger partial charge in [-0.2, -0.15) is 0 Å². The Morgan fingerprint density at radius 1 is 1.10 bits per heavy atom. The van der Waals surface area contributed by atoms with Gasteiger partial charge in [-0.25, -0.2) is 19.6 Å². The molecule has 2 aromatic rings. The molecule has 0 bridgehead atoms. The summed E-state index contributed by atoms with van der Waals surface area (Å²) >= 11 is 0. The van der Waals surface area contributed by atoms with Crippen LogP contribution >= 0.6 is 0 Å². The second kappa shape index (κ2) is 6.99. The van der Waals surface area contributed by atoms with E-state index in [2.05, 4.69) is 20.6 Å². The van der Waals surface area contributed by atoms with Gasteiger partial charge in [0.05, 0.1) is 0 Å². The number of rotatable bonds is 5. The molecule has 7 heteroatoms. The standard InChI is InChI=1S/C14H14N4O3/c19-12(20)11(9-10-5-2-1-3-6-10)17-14(21)18-13-15-7-4-8-16-13/h1-8,11H,9H2,(H,19,20)(H2,15,16,17,18,21)/t11-/m1/s1. The number of hydrogen-bond acceptors (Lipinski definition) is 4. The van der Waals surface area contributed by atoms with Crippen LogP contribution in [0.3, 0.4) is 0 Å². The first-order chi connectivity index (χ1) is 10.1. The van der Waals surface area contributed by atoms with E-state index < -0.39 is 18.0 Å². The molecular formula is C14H14N4O3. The summed E-state index contributed by atoms with van der Waals surface area (Å²) < 4.78 is 0. The first kappa shape index (κ1) is 14.4. The molecule has 2 amide bonds. The van der Waals surface area contributed by atoms with Gasteiger partial charge in [-0.15, -0.1) is 0 Å². The van der Waals surface area contributed by atoms with Gasteiger partial charge in [0.2, 0.25) is 5.95 Å². The summed E-state index contributed by atoms with van der Waals surface area (Å²) in [4.78, 5) is 30.6. The number of carbonyl (C=O) groups is 2. The minimum atomic E-state index is -1.11. The van der Waals surface area contributed by atoms with Crippen molar-refractivity contribution in [3.05, 3.63) is 54.4 Å². The molecule has 0 aliphatic carbocycles. The highest BCUT2D eigenvalue weighted by Gasteiger charge is 2.20. The number of carbonyl (C=O) groups excluding carboxylic acids is 1. The van der Waals surface area contributed by atoms with Crippen molar-refractivity contribution >= 4 is 17.9 Å². The third-order valence-electron chi connectivity index (χ3n) is 2.68. The lowest BCUT2D eigenvalue weighted by Gasteiger charge is -2.14. The number of carboxylic acids is 1. The molecule has 0 saturated carbocycles. The molecule has 1 atom stereocenters. The number of aromatic nitrogens is 2. The van der Waals surface area contributed by atoms with Gasteiger partial charge >= 0.3 is 12.0 Å². The highest BCUT2D eigenvalue weighted by atomic mass is 16.4. The molecule has 0 aliphatic rings. The first-order valence-corrected chi connectivity index (χ1v) is 6.26. The lowest BCUT2D eigenvalue weighted by atomic mass is 10.1. The Morgan fingerprint density at radius 2 is 1.76 bits per heavy atom. The van der Waals surface area contributed by atoms with Gasteiger partial charge in [-0.3, -0.25) is 5.32 Å². The quantitative estimate of drug-likeness (QED) is 0.768. The van der Waals surface area contributed by atoms with Crippen LogP contribution in [0.15, 0.2) is 48.8 Å². The molecule has 0 saturated heterocycles. The summed E-state index contributed by atoms with van der Waals surface area (Å²) in [6.45, 7) is 0. The van der Waals surface area contributed by atoms with Gasteiger partial charge in [0.25, 0.3) is 0 Å². The van der Waals surface area contributed by atoms with Crippen LogP contribution in [0.5, 0.6) is 0 Å². The van der Waals surface area contributed by atoms with Crippen LogP contribution in [0.25, 0.3) is 0 Å². The summed E-state index contributed by atoms with van der Waals surface area (Å²) in [5.74, 6) is -0.998. The fraction of sp³-hybridized carbons (Fsp3) is 0.143. The zero-order valence-electron chi connectivity index (χ0n) is 11.1. The van der Waals surface area contributed by atoms with E-state index in [-0.39, 0.29) is 12.4 Å². The van der Waals surface area contributed by atoms with Crippen molar-refractivity contribution in [1.29, 1.82) is 0 Å². The molecule has 3 N–H and O–H groups in total. The molecule has 7 nitrogen and oxygen atoms in total. The lowest BCUT2D eigenvalue weighted by molar-refractivity contribution is -0.139. The summed E-state index contributed by atoms with van der Waals surface area (Å²) in [5, 5.41) is 13.9. The Morgan fingerprint density at radius 3 is 2.38 bits per heavy atom. The van der Waals surface area contributed by atoms with Crippen molar-refractivity contribution in [2.75, 3.05) is 5.32 Å². The number of amides is 2. The van der Waals surface area contributed by atoms with Crippen LogP contribution in [-0.4, -0.2) is 33.1 Å². The summed E-state index contributed by atoms with van der Waals surface area (Å²) in [5.41, 5.74) is 0.821. The Hall–Kier alpha value is -2.96. The van der Waals surface area contributed by atoms with Crippen LogP contribution in [-0.2, 0) is 11.2 Å². The number of nitrogens with zero attached hydrogens (tertiary/aromatic N) is 2. The summed E-state index contributed by atoms with van der Waals surface area (Å²) in [7, 11) is 0. The molecule has 0 unspecified atom stereocenters. The second-order valence-corrected chi connectivity index (χ2v) is 4.25. The van der Waals surface area contributed by atoms with Crippen LogP contribution in [0.1, 0.15) is 5.56 Å². The Bertz CT molecular complexity index is 604. The van der Waals surface area contributed by atoms with Crippen molar-refractivity contribution < 1.29 is 14.7 Å². The number of aliphatic carboxylic acids is 1. The van der Waals surface area contributed by atoms with E-state index >= 15 is 0 Å². The normalized spacial score (nSPS) is 11.4. The predicted molar refractivity (Wildman–Crippen MR) is 75.8 cm³/mol. The molecular weight excluding hydrogens is 272 g/mol. The number of nitrogens with one attached hydrogen (secondary N) is 2. The number of hydrogen-bond donors (Lipinski definition) is 3. The smallest absolute Gasteiger partial charge is 0.326 e. The van der Waals surface area contributed by atoms with Gasteiger partial charge in [-0.05, 0) is 11.6 Å². The Balaban J connectivity index is 1.96. The van der Waals surface area contributed by atoms with Gasteiger partial charge < -0.3 is 10.4 Å². The first-order valence-electron chi connectivity index (χ1n) is 6.26. The second-order valence-electron chi connectivity index (χ2n) is 4.25. The highest BCUT2D eigenvalue weighted by Crippen LogP contribution is 2.04. The molecule has 21 heavy (non-hydrogen) atoms. The van der Waals surface area contributed by atoms with E-state index in [1.807, 2.05) is 18.2 Å². The number of benzene rings is 1. The van der Waals surface area contributed by atoms with Crippen LogP contribution in [0.2, 0.25) is 0 Å². The van der Waals surface area contributed by atoms with Crippen molar-refractivity contribution in [2.24, 2.45) is 0 Å². The van der Waals surface area contributed by atoms with Crippen molar-refractivity contribution in [2.45, 2.75) is 12.5 Å². The van der Waals surface area contributed by atoms with E-state index in [9.17, 15) is 14.7 Å². The van der Waals surface area contributed by atoms with E-state index in [4.69, 9.17) is 0 Å². The number of urea groups is 1. The van der Waals surface area contributed by atoms with Crippen molar-refractivity contribution in [3.8, 4) is 0 Å². The third kappa shape index (κ3) is 4.57. The molecule has 1 aromatic carbocycles. The van der Waals surface area contributed by atoms with Crippen molar-refractivity contribution in [1.82, 2.24) is 15.3 Å². The van der Waals surface area contributed by atoms with Crippen LogP contribution in [0.4, 0.5) is 10.7 Å². The summed E-state index contributed by atoms with van der Waals surface area (Å²) in [6.07, 6.45) is 3.14. The maximum atomic E-state index is 11.8. The van der Waals surface area contributed by atoms with E-state index in [0.717, 1.165) is 5.56 Å². The molecule has 2 rings (SSSR count). The van der Waals surface area contributed by atoms with Gasteiger partial charge in [0, 0.05) is 18.8 Å². The maximum Gasteiger partial charge on any atom is 0.326 e. The van der Waals surface area contributed by atoms with Gasteiger partial charge in [0.15, 0.2) is 0 Å². The lowest BCUT2D eigenvalue weighted by Crippen LogP contribution is -2.44.